The molecular formula is C20H26N2O4. The van der Waals surface area contributed by atoms with Crippen molar-refractivity contribution in [1.29, 1.82) is 0 Å². The summed E-state index contributed by atoms with van der Waals surface area (Å²) in [4.78, 5) is 30.5. The molecule has 1 aromatic carbocycles. The number of imide groups is 1. The maximum Gasteiger partial charge on any atom is 0.420 e. The van der Waals surface area contributed by atoms with E-state index in [1.165, 1.54) is 0 Å². The van der Waals surface area contributed by atoms with Gasteiger partial charge in [0.1, 0.15) is 11.2 Å². The predicted octanol–water partition coefficient (Wildman–Crippen LogP) is 4.91. The van der Waals surface area contributed by atoms with Gasteiger partial charge in [0.15, 0.2) is 0 Å². The van der Waals surface area contributed by atoms with Crippen LogP contribution in [-0.4, -0.2) is 33.3 Å². The average molecular weight is 358 g/mol. The lowest BCUT2D eigenvalue weighted by atomic mass is 10.2. The van der Waals surface area contributed by atoms with E-state index >= 15 is 0 Å². The van der Waals surface area contributed by atoms with Crippen molar-refractivity contribution in [3.8, 4) is 0 Å². The number of carbonyl (C=O) groups excluding carboxylic acids is 2. The summed E-state index contributed by atoms with van der Waals surface area (Å²) in [6, 6.07) is 11.3. The first kappa shape index (κ1) is 19.7. The molecule has 0 fully saturated rings. The van der Waals surface area contributed by atoms with Crippen LogP contribution in [0, 0.1) is 0 Å². The van der Waals surface area contributed by atoms with Crippen LogP contribution in [0.5, 0.6) is 0 Å². The second kappa shape index (κ2) is 7.32. The Kier molecular flexibility index (Phi) is 5.54. The van der Waals surface area contributed by atoms with Crippen molar-refractivity contribution in [2.75, 3.05) is 0 Å². The maximum atomic E-state index is 12.5. The lowest BCUT2D eigenvalue weighted by molar-refractivity contribution is -0.000462. The molecule has 6 nitrogen and oxygen atoms in total. The summed E-state index contributed by atoms with van der Waals surface area (Å²) in [5.74, 6) is 0. The standard InChI is InChI=1S/C20H26N2O4/c1-19(2,3)25-17(23)22(18(24)26-20(4,5)6)13-15-12-11-14-9-7-8-10-16(14)21-15/h7-12H,13H2,1-6H3. The summed E-state index contributed by atoms with van der Waals surface area (Å²) in [5.41, 5.74) is -0.0961. The van der Waals surface area contributed by atoms with Crippen LogP contribution >= 0.6 is 0 Å². The first-order chi connectivity index (χ1) is 11.9. The van der Waals surface area contributed by atoms with Gasteiger partial charge in [-0.05, 0) is 53.7 Å². The minimum Gasteiger partial charge on any atom is -0.443 e. The summed E-state index contributed by atoms with van der Waals surface area (Å²) < 4.78 is 10.7. The molecule has 0 saturated carbocycles. The number of ether oxygens (including phenoxy) is 2. The Morgan fingerprint density at radius 3 is 1.96 bits per heavy atom. The quantitative estimate of drug-likeness (QED) is 0.763. The number of pyridine rings is 1. The van der Waals surface area contributed by atoms with E-state index in [-0.39, 0.29) is 6.54 Å². The van der Waals surface area contributed by atoms with E-state index in [2.05, 4.69) is 4.98 Å². The Morgan fingerprint density at radius 2 is 1.42 bits per heavy atom. The van der Waals surface area contributed by atoms with Crippen LogP contribution in [0.2, 0.25) is 0 Å². The molecule has 0 aliphatic carbocycles. The molecule has 0 atom stereocenters. The first-order valence-corrected chi connectivity index (χ1v) is 8.53. The monoisotopic (exact) mass is 358 g/mol. The Hall–Kier alpha value is -2.63. The highest BCUT2D eigenvalue weighted by atomic mass is 16.6. The zero-order valence-electron chi connectivity index (χ0n) is 16.2. The fraction of sp³-hybridized carbons (Fsp3) is 0.450. The minimum absolute atomic E-state index is 0.0331. The van der Waals surface area contributed by atoms with E-state index in [0.29, 0.717) is 5.69 Å². The molecule has 0 aliphatic rings. The van der Waals surface area contributed by atoms with Crippen molar-refractivity contribution in [2.24, 2.45) is 0 Å². The van der Waals surface area contributed by atoms with Gasteiger partial charge in [0.2, 0.25) is 0 Å². The number of amides is 2. The maximum absolute atomic E-state index is 12.5. The molecule has 26 heavy (non-hydrogen) atoms. The van der Waals surface area contributed by atoms with E-state index in [9.17, 15) is 9.59 Å². The number of hydrogen-bond donors (Lipinski definition) is 0. The summed E-state index contributed by atoms with van der Waals surface area (Å²) in [6.07, 6.45) is -1.52. The van der Waals surface area contributed by atoms with Gasteiger partial charge in [-0.1, -0.05) is 24.3 Å². The zero-order chi connectivity index (χ0) is 19.5. The number of aromatic nitrogens is 1. The Labute approximate surface area is 154 Å². The SMILES string of the molecule is CC(C)(C)OC(=O)N(Cc1ccc2ccccc2n1)C(=O)OC(C)(C)C. The molecule has 0 saturated heterocycles. The lowest BCUT2D eigenvalue weighted by Gasteiger charge is -2.28. The third-order valence-corrected chi connectivity index (χ3v) is 3.20. The summed E-state index contributed by atoms with van der Waals surface area (Å²) in [6.45, 7) is 10.4. The molecule has 0 N–H and O–H groups in total. The second-order valence-corrected chi connectivity index (χ2v) is 8.04. The van der Waals surface area contributed by atoms with Gasteiger partial charge in [-0.25, -0.2) is 14.5 Å². The van der Waals surface area contributed by atoms with E-state index in [1.54, 1.807) is 47.6 Å². The van der Waals surface area contributed by atoms with Crippen LogP contribution in [0.1, 0.15) is 47.2 Å². The summed E-state index contributed by atoms with van der Waals surface area (Å²) in [7, 11) is 0. The minimum atomic E-state index is -0.762. The first-order valence-electron chi connectivity index (χ1n) is 8.53. The number of rotatable bonds is 2. The van der Waals surface area contributed by atoms with Crippen molar-refractivity contribution in [3.05, 3.63) is 42.1 Å². The predicted molar refractivity (Wildman–Crippen MR) is 99.8 cm³/mol. The summed E-state index contributed by atoms with van der Waals surface area (Å²) >= 11 is 0. The number of para-hydroxylation sites is 1. The van der Waals surface area contributed by atoms with Crippen LogP contribution in [0.25, 0.3) is 10.9 Å². The third kappa shape index (κ3) is 5.72. The van der Waals surface area contributed by atoms with Crippen molar-refractivity contribution in [2.45, 2.75) is 59.3 Å². The number of nitrogens with zero attached hydrogens (tertiary/aromatic N) is 2. The lowest BCUT2D eigenvalue weighted by Crippen LogP contribution is -2.43. The molecule has 1 heterocycles. The molecule has 0 unspecified atom stereocenters. The van der Waals surface area contributed by atoms with Crippen LogP contribution in [0.3, 0.4) is 0 Å². The van der Waals surface area contributed by atoms with Gasteiger partial charge in [-0.15, -0.1) is 0 Å². The van der Waals surface area contributed by atoms with Gasteiger partial charge in [0.05, 0.1) is 17.8 Å². The van der Waals surface area contributed by atoms with Crippen molar-refractivity contribution in [3.63, 3.8) is 0 Å². The molecule has 0 bridgehead atoms. The van der Waals surface area contributed by atoms with Crippen LogP contribution < -0.4 is 0 Å². The summed E-state index contributed by atoms with van der Waals surface area (Å²) in [5, 5.41) is 0.984. The van der Waals surface area contributed by atoms with E-state index in [1.807, 2.05) is 30.3 Å². The molecule has 2 rings (SSSR count). The van der Waals surface area contributed by atoms with Crippen LogP contribution in [0.15, 0.2) is 36.4 Å². The number of fused-ring (bicyclic) bond motifs is 1. The molecule has 0 spiro atoms. The second-order valence-electron chi connectivity index (χ2n) is 8.04. The largest absolute Gasteiger partial charge is 0.443 e. The number of hydrogen-bond acceptors (Lipinski definition) is 5. The van der Waals surface area contributed by atoms with Crippen LogP contribution in [-0.2, 0) is 16.0 Å². The van der Waals surface area contributed by atoms with E-state index < -0.39 is 23.4 Å². The van der Waals surface area contributed by atoms with Gasteiger partial charge in [0, 0.05) is 5.39 Å². The smallest absolute Gasteiger partial charge is 0.420 e. The Morgan fingerprint density at radius 1 is 0.885 bits per heavy atom. The topological polar surface area (TPSA) is 68.7 Å². The van der Waals surface area contributed by atoms with Crippen molar-refractivity contribution >= 4 is 23.1 Å². The Bertz CT molecular complexity index is 775. The highest BCUT2D eigenvalue weighted by Crippen LogP contribution is 2.18. The van der Waals surface area contributed by atoms with E-state index in [0.717, 1.165) is 15.8 Å². The van der Waals surface area contributed by atoms with Crippen molar-refractivity contribution in [1.82, 2.24) is 9.88 Å². The molecule has 0 aliphatic heterocycles. The highest BCUT2D eigenvalue weighted by Gasteiger charge is 2.31. The van der Waals surface area contributed by atoms with Crippen LogP contribution in [0.4, 0.5) is 9.59 Å². The molecular weight excluding hydrogens is 332 g/mol. The Balaban J connectivity index is 2.29. The van der Waals surface area contributed by atoms with E-state index in [4.69, 9.17) is 9.47 Å². The van der Waals surface area contributed by atoms with Gasteiger partial charge < -0.3 is 9.47 Å². The zero-order valence-corrected chi connectivity index (χ0v) is 16.2. The number of benzene rings is 1. The molecule has 1 aromatic heterocycles. The highest BCUT2D eigenvalue weighted by molar-refractivity contribution is 5.88. The normalized spacial score (nSPS) is 11.9. The van der Waals surface area contributed by atoms with Crippen molar-refractivity contribution < 1.29 is 19.1 Å². The number of carbonyl (C=O) groups is 2. The average Bonchev–Trinajstić information content (AvgIpc) is 2.48. The molecule has 2 amide bonds. The molecule has 0 radical (unpaired) electrons. The third-order valence-electron chi connectivity index (χ3n) is 3.20. The molecule has 6 heteroatoms. The van der Waals surface area contributed by atoms with Gasteiger partial charge in [-0.2, -0.15) is 0 Å². The fourth-order valence-corrected chi connectivity index (χ4v) is 2.20. The molecule has 140 valence electrons. The van der Waals surface area contributed by atoms with Gasteiger partial charge in [0.25, 0.3) is 0 Å². The molecule has 2 aromatic rings. The van der Waals surface area contributed by atoms with Gasteiger partial charge >= 0.3 is 12.2 Å². The van der Waals surface area contributed by atoms with Gasteiger partial charge in [-0.3, -0.25) is 4.98 Å². The fourth-order valence-electron chi connectivity index (χ4n) is 2.20.